The molecule has 2 aromatic carbocycles. The summed E-state index contributed by atoms with van der Waals surface area (Å²) in [7, 11) is 5.19. The molecule has 0 saturated heterocycles. The number of rotatable bonds is 5. The summed E-state index contributed by atoms with van der Waals surface area (Å²) in [5.41, 5.74) is 2.94. The van der Waals surface area contributed by atoms with Crippen molar-refractivity contribution in [2.45, 2.75) is 6.92 Å². The van der Waals surface area contributed by atoms with Gasteiger partial charge in [0.2, 0.25) is 0 Å². The fourth-order valence-electron chi connectivity index (χ4n) is 2.05. The summed E-state index contributed by atoms with van der Waals surface area (Å²) in [6.07, 6.45) is 0. The Morgan fingerprint density at radius 2 is 1.62 bits per heavy atom. The maximum Gasteiger partial charge on any atom is 0.161 e. The van der Waals surface area contributed by atoms with E-state index in [4.69, 9.17) is 9.47 Å². The fourth-order valence-corrected chi connectivity index (χ4v) is 2.05. The number of anilines is 1. The quantitative estimate of drug-likeness (QED) is 0.622. The third-order valence-corrected chi connectivity index (χ3v) is 3.23. The first-order valence-electron chi connectivity index (χ1n) is 6.72. The molecule has 0 bridgehead atoms. The molecule has 0 spiro atoms. The van der Waals surface area contributed by atoms with E-state index in [2.05, 4.69) is 5.10 Å². The van der Waals surface area contributed by atoms with Gasteiger partial charge in [-0.1, -0.05) is 18.2 Å². The lowest BCUT2D eigenvalue weighted by molar-refractivity contribution is 0.355. The fraction of sp³-hybridized carbons (Fsp3) is 0.235. The second-order valence-corrected chi connectivity index (χ2v) is 4.61. The molecule has 0 N–H and O–H groups in total. The van der Waals surface area contributed by atoms with Crippen LogP contribution in [0, 0.1) is 0 Å². The molecule has 0 aliphatic rings. The lowest BCUT2D eigenvalue weighted by atomic mass is 10.1. The Morgan fingerprint density at radius 3 is 2.24 bits per heavy atom. The molecule has 110 valence electrons. The van der Waals surface area contributed by atoms with Crippen LogP contribution >= 0.6 is 0 Å². The Kier molecular flexibility index (Phi) is 4.82. The molecule has 0 unspecified atom stereocenters. The number of benzene rings is 2. The molecular weight excluding hydrogens is 264 g/mol. The largest absolute Gasteiger partial charge is 0.493 e. The predicted molar refractivity (Wildman–Crippen MR) is 86.6 cm³/mol. The van der Waals surface area contributed by atoms with E-state index >= 15 is 0 Å². The van der Waals surface area contributed by atoms with Gasteiger partial charge in [-0.2, -0.15) is 5.10 Å². The summed E-state index contributed by atoms with van der Waals surface area (Å²) >= 11 is 0. The van der Waals surface area contributed by atoms with Crippen LogP contribution in [0.1, 0.15) is 12.5 Å². The molecule has 0 atom stereocenters. The van der Waals surface area contributed by atoms with Crippen LogP contribution in [0.4, 0.5) is 5.69 Å². The Bertz CT molecular complexity index is 624. The first-order chi connectivity index (χ1) is 10.2. The maximum atomic E-state index is 5.32. The van der Waals surface area contributed by atoms with Gasteiger partial charge in [0.25, 0.3) is 0 Å². The van der Waals surface area contributed by atoms with Crippen LogP contribution in [0.15, 0.2) is 53.6 Å². The van der Waals surface area contributed by atoms with E-state index in [0.29, 0.717) is 11.5 Å². The summed E-state index contributed by atoms with van der Waals surface area (Å²) in [6, 6.07) is 15.8. The van der Waals surface area contributed by atoms with Gasteiger partial charge >= 0.3 is 0 Å². The molecule has 0 amide bonds. The van der Waals surface area contributed by atoms with Crippen LogP contribution in [0.5, 0.6) is 11.5 Å². The van der Waals surface area contributed by atoms with Gasteiger partial charge in [0.15, 0.2) is 11.5 Å². The Morgan fingerprint density at radius 1 is 0.952 bits per heavy atom. The molecular formula is C17H20N2O2. The van der Waals surface area contributed by atoms with Gasteiger partial charge in [0, 0.05) is 12.6 Å². The highest BCUT2D eigenvalue weighted by Gasteiger charge is 2.07. The van der Waals surface area contributed by atoms with Gasteiger partial charge in [0.1, 0.15) is 0 Å². The molecule has 4 heteroatoms. The maximum absolute atomic E-state index is 5.32. The number of para-hydroxylation sites is 1. The van der Waals surface area contributed by atoms with Crippen molar-refractivity contribution in [3.8, 4) is 11.5 Å². The number of hydrazone groups is 1. The molecule has 0 aliphatic carbocycles. The minimum atomic E-state index is 0.701. The van der Waals surface area contributed by atoms with E-state index in [-0.39, 0.29) is 0 Å². The molecule has 2 rings (SSSR count). The SMILES string of the molecule is COc1ccc(/C(C)=N\N(C)c2ccccc2)cc1OC. The smallest absolute Gasteiger partial charge is 0.161 e. The molecule has 0 saturated carbocycles. The van der Waals surface area contributed by atoms with Gasteiger partial charge in [0.05, 0.1) is 25.6 Å². The molecule has 21 heavy (non-hydrogen) atoms. The average molecular weight is 284 g/mol. The number of hydrogen-bond acceptors (Lipinski definition) is 4. The first kappa shape index (κ1) is 14.9. The van der Waals surface area contributed by atoms with Crippen molar-refractivity contribution in [1.82, 2.24) is 0 Å². The van der Waals surface area contributed by atoms with Crippen molar-refractivity contribution in [3.63, 3.8) is 0 Å². The van der Waals surface area contributed by atoms with Crippen molar-refractivity contribution in [2.24, 2.45) is 5.10 Å². The zero-order valence-electron chi connectivity index (χ0n) is 12.8. The van der Waals surface area contributed by atoms with Crippen molar-refractivity contribution in [2.75, 3.05) is 26.3 Å². The minimum Gasteiger partial charge on any atom is -0.493 e. The minimum absolute atomic E-state index is 0.701. The van der Waals surface area contributed by atoms with Gasteiger partial charge in [-0.15, -0.1) is 0 Å². The second kappa shape index (κ2) is 6.79. The summed E-state index contributed by atoms with van der Waals surface area (Å²) in [6.45, 7) is 1.97. The van der Waals surface area contributed by atoms with Crippen LogP contribution in [-0.4, -0.2) is 27.0 Å². The van der Waals surface area contributed by atoms with E-state index in [1.807, 2.05) is 67.5 Å². The third kappa shape index (κ3) is 3.54. The lowest BCUT2D eigenvalue weighted by Gasteiger charge is -2.15. The zero-order chi connectivity index (χ0) is 15.2. The Labute approximate surface area is 125 Å². The van der Waals surface area contributed by atoms with Gasteiger partial charge in [-0.3, -0.25) is 5.01 Å². The molecule has 0 aromatic heterocycles. The van der Waals surface area contributed by atoms with E-state index in [0.717, 1.165) is 17.0 Å². The average Bonchev–Trinajstić information content (AvgIpc) is 2.54. The van der Waals surface area contributed by atoms with Crippen molar-refractivity contribution >= 4 is 11.4 Å². The Balaban J connectivity index is 2.27. The third-order valence-electron chi connectivity index (χ3n) is 3.23. The highest BCUT2D eigenvalue weighted by Crippen LogP contribution is 2.28. The molecule has 0 aliphatic heterocycles. The van der Waals surface area contributed by atoms with Gasteiger partial charge in [-0.25, -0.2) is 0 Å². The van der Waals surface area contributed by atoms with Crippen molar-refractivity contribution < 1.29 is 9.47 Å². The lowest BCUT2D eigenvalue weighted by Crippen LogP contribution is -2.12. The van der Waals surface area contributed by atoms with Gasteiger partial charge in [-0.05, 0) is 37.3 Å². The Hall–Kier alpha value is -2.49. The van der Waals surface area contributed by atoms with Crippen molar-refractivity contribution in [3.05, 3.63) is 54.1 Å². The zero-order valence-corrected chi connectivity index (χ0v) is 12.8. The van der Waals surface area contributed by atoms with Crippen LogP contribution in [0.25, 0.3) is 0 Å². The second-order valence-electron chi connectivity index (χ2n) is 4.61. The summed E-state index contributed by atoms with van der Waals surface area (Å²) in [4.78, 5) is 0. The van der Waals surface area contributed by atoms with Crippen molar-refractivity contribution in [1.29, 1.82) is 0 Å². The topological polar surface area (TPSA) is 34.1 Å². The summed E-state index contributed by atoms with van der Waals surface area (Å²) in [5.74, 6) is 1.41. The van der Waals surface area contributed by atoms with E-state index in [1.165, 1.54) is 0 Å². The summed E-state index contributed by atoms with van der Waals surface area (Å²) in [5, 5.41) is 6.46. The van der Waals surface area contributed by atoms with E-state index in [9.17, 15) is 0 Å². The molecule has 0 fully saturated rings. The standard InChI is InChI=1S/C17H20N2O2/c1-13(18-19(2)15-8-6-5-7-9-15)14-10-11-16(20-3)17(12-14)21-4/h5-12H,1-4H3/b18-13-. The number of hydrogen-bond donors (Lipinski definition) is 0. The van der Waals surface area contributed by atoms with Crippen LogP contribution < -0.4 is 14.5 Å². The van der Waals surface area contributed by atoms with Crippen LogP contribution in [-0.2, 0) is 0 Å². The highest BCUT2D eigenvalue weighted by atomic mass is 16.5. The van der Waals surface area contributed by atoms with E-state index in [1.54, 1.807) is 14.2 Å². The highest BCUT2D eigenvalue weighted by molar-refractivity contribution is 5.99. The van der Waals surface area contributed by atoms with Crippen LogP contribution in [0.2, 0.25) is 0 Å². The summed E-state index contributed by atoms with van der Waals surface area (Å²) < 4.78 is 10.6. The monoisotopic (exact) mass is 284 g/mol. The van der Waals surface area contributed by atoms with Gasteiger partial charge < -0.3 is 9.47 Å². The number of methoxy groups -OCH3 is 2. The first-order valence-corrected chi connectivity index (χ1v) is 6.72. The molecule has 0 radical (unpaired) electrons. The van der Waals surface area contributed by atoms with Crippen LogP contribution in [0.3, 0.4) is 0 Å². The predicted octanol–water partition coefficient (Wildman–Crippen LogP) is 3.56. The molecule has 2 aromatic rings. The molecule has 4 nitrogen and oxygen atoms in total. The molecule has 0 heterocycles. The normalized spacial score (nSPS) is 11.1. The number of ether oxygens (including phenoxy) is 2. The number of nitrogens with zero attached hydrogens (tertiary/aromatic N) is 2. The van der Waals surface area contributed by atoms with E-state index < -0.39 is 0 Å².